The SMILES string of the molecule is Cc1nnc2ccc(N3CCN(C(=O)Nc4ccc(Cl)cc4)CC3)nn12. The number of urea groups is 1. The molecule has 9 heteroatoms. The van der Waals surface area contributed by atoms with E-state index in [2.05, 4.69) is 25.5 Å². The summed E-state index contributed by atoms with van der Waals surface area (Å²) in [7, 11) is 0. The van der Waals surface area contributed by atoms with E-state index in [0.717, 1.165) is 23.0 Å². The number of rotatable bonds is 2. The molecule has 0 unspecified atom stereocenters. The highest BCUT2D eigenvalue weighted by Crippen LogP contribution is 2.17. The molecular formula is C17H18ClN7O. The van der Waals surface area contributed by atoms with Crippen LogP contribution in [0.3, 0.4) is 0 Å². The predicted octanol–water partition coefficient (Wildman–Crippen LogP) is 2.44. The second-order valence-electron chi connectivity index (χ2n) is 6.12. The molecular weight excluding hydrogens is 354 g/mol. The van der Waals surface area contributed by atoms with Crippen LogP contribution in [-0.4, -0.2) is 56.9 Å². The Kier molecular flexibility index (Phi) is 4.34. The van der Waals surface area contributed by atoms with E-state index in [0.29, 0.717) is 31.2 Å². The van der Waals surface area contributed by atoms with Crippen LogP contribution in [0.5, 0.6) is 0 Å². The van der Waals surface area contributed by atoms with Crippen molar-refractivity contribution >= 4 is 34.8 Å². The maximum Gasteiger partial charge on any atom is 0.321 e. The van der Waals surface area contributed by atoms with Crippen molar-refractivity contribution in [1.29, 1.82) is 0 Å². The fraction of sp³-hybridized carbons (Fsp3) is 0.294. The average molecular weight is 372 g/mol. The molecule has 3 aromatic rings. The van der Waals surface area contributed by atoms with Crippen LogP contribution in [0.1, 0.15) is 5.82 Å². The molecule has 134 valence electrons. The Hall–Kier alpha value is -2.87. The van der Waals surface area contributed by atoms with Crippen LogP contribution < -0.4 is 10.2 Å². The maximum absolute atomic E-state index is 12.4. The summed E-state index contributed by atoms with van der Waals surface area (Å²) in [6.07, 6.45) is 0. The number of fused-ring (bicyclic) bond motifs is 1. The highest BCUT2D eigenvalue weighted by atomic mass is 35.5. The van der Waals surface area contributed by atoms with E-state index in [1.807, 2.05) is 19.1 Å². The van der Waals surface area contributed by atoms with Gasteiger partial charge in [0.15, 0.2) is 11.5 Å². The number of benzene rings is 1. The van der Waals surface area contributed by atoms with Crippen LogP contribution in [0.4, 0.5) is 16.3 Å². The molecule has 1 fully saturated rings. The Morgan fingerprint density at radius 2 is 1.77 bits per heavy atom. The molecule has 26 heavy (non-hydrogen) atoms. The zero-order valence-corrected chi connectivity index (χ0v) is 15.0. The van der Waals surface area contributed by atoms with E-state index in [1.165, 1.54) is 0 Å². The molecule has 2 amide bonds. The van der Waals surface area contributed by atoms with Crippen LogP contribution in [0.2, 0.25) is 5.02 Å². The molecule has 0 spiro atoms. The topological polar surface area (TPSA) is 78.7 Å². The van der Waals surface area contributed by atoms with E-state index in [1.54, 1.807) is 33.7 Å². The van der Waals surface area contributed by atoms with Gasteiger partial charge in [-0.15, -0.1) is 15.3 Å². The number of carbonyl (C=O) groups is 1. The van der Waals surface area contributed by atoms with Gasteiger partial charge in [0, 0.05) is 36.9 Å². The zero-order chi connectivity index (χ0) is 18.1. The smallest absolute Gasteiger partial charge is 0.321 e. The summed E-state index contributed by atoms with van der Waals surface area (Å²) in [5.41, 5.74) is 1.46. The maximum atomic E-state index is 12.4. The van der Waals surface area contributed by atoms with Gasteiger partial charge in [0.25, 0.3) is 0 Å². The van der Waals surface area contributed by atoms with E-state index in [4.69, 9.17) is 11.6 Å². The van der Waals surface area contributed by atoms with Crippen LogP contribution in [0.25, 0.3) is 5.65 Å². The van der Waals surface area contributed by atoms with Gasteiger partial charge < -0.3 is 15.1 Å². The van der Waals surface area contributed by atoms with Crippen LogP contribution >= 0.6 is 11.6 Å². The second kappa shape index (κ2) is 6.80. The van der Waals surface area contributed by atoms with Gasteiger partial charge in [0.2, 0.25) is 0 Å². The average Bonchev–Trinajstić information content (AvgIpc) is 3.04. The van der Waals surface area contributed by atoms with Gasteiger partial charge in [-0.3, -0.25) is 0 Å². The van der Waals surface area contributed by atoms with E-state index >= 15 is 0 Å². The highest BCUT2D eigenvalue weighted by molar-refractivity contribution is 6.30. The zero-order valence-electron chi connectivity index (χ0n) is 14.3. The fourth-order valence-electron chi connectivity index (χ4n) is 2.93. The molecule has 0 aliphatic carbocycles. The second-order valence-corrected chi connectivity index (χ2v) is 6.56. The Morgan fingerprint density at radius 3 is 2.50 bits per heavy atom. The number of nitrogens with zero attached hydrogens (tertiary/aromatic N) is 6. The molecule has 1 aromatic carbocycles. The molecule has 0 atom stereocenters. The normalized spacial score (nSPS) is 14.7. The number of hydrogen-bond donors (Lipinski definition) is 1. The molecule has 0 saturated carbocycles. The van der Waals surface area contributed by atoms with Crippen molar-refractivity contribution in [3.8, 4) is 0 Å². The monoisotopic (exact) mass is 371 g/mol. The van der Waals surface area contributed by atoms with E-state index in [9.17, 15) is 4.79 Å². The number of halogens is 1. The number of anilines is 2. The third-order valence-electron chi connectivity index (χ3n) is 4.39. The molecule has 8 nitrogen and oxygen atoms in total. The molecule has 2 aromatic heterocycles. The lowest BCUT2D eigenvalue weighted by molar-refractivity contribution is 0.208. The summed E-state index contributed by atoms with van der Waals surface area (Å²) >= 11 is 5.87. The predicted molar refractivity (Wildman–Crippen MR) is 99.8 cm³/mol. The van der Waals surface area contributed by atoms with Crippen molar-refractivity contribution < 1.29 is 4.79 Å². The molecule has 3 heterocycles. The van der Waals surface area contributed by atoms with Gasteiger partial charge in [0.1, 0.15) is 5.82 Å². The molecule has 0 bridgehead atoms. The summed E-state index contributed by atoms with van der Waals surface area (Å²) in [6.45, 7) is 4.55. The molecule has 1 aliphatic heterocycles. The summed E-state index contributed by atoms with van der Waals surface area (Å²) in [5, 5.41) is 16.2. The number of amides is 2. The highest BCUT2D eigenvalue weighted by Gasteiger charge is 2.22. The molecule has 4 rings (SSSR count). The number of hydrogen-bond acceptors (Lipinski definition) is 5. The van der Waals surface area contributed by atoms with Gasteiger partial charge in [0.05, 0.1) is 0 Å². The molecule has 0 radical (unpaired) electrons. The summed E-state index contributed by atoms with van der Waals surface area (Å²) in [5.74, 6) is 1.61. The Bertz CT molecular complexity index is 932. The number of nitrogens with one attached hydrogen (secondary N) is 1. The third kappa shape index (κ3) is 3.28. The molecule has 1 N–H and O–H groups in total. The Balaban J connectivity index is 1.39. The van der Waals surface area contributed by atoms with Crippen LogP contribution in [0.15, 0.2) is 36.4 Å². The number of aromatic nitrogens is 4. The van der Waals surface area contributed by atoms with Gasteiger partial charge in [-0.1, -0.05) is 11.6 Å². The quantitative estimate of drug-likeness (QED) is 0.748. The van der Waals surface area contributed by atoms with Gasteiger partial charge >= 0.3 is 6.03 Å². The van der Waals surface area contributed by atoms with Gasteiger partial charge in [-0.05, 0) is 43.3 Å². The van der Waals surface area contributed by atoms with E-state index < -0.39 is 0 Å². The Morgan fingerprint density at radius 1 is 1.04 bits per heavy atom. The molecule has 1 saturated heterocycles. The minimum atomic E-state index is -0.106. The number of carbonyl (C=O) groups excluding carboxylic acids is 1. The first-order chi connectivity index (χ1) is 12.6. The number of piperazine rings is 1. The van der Waals surface area contributed by atoms with Crippen molar-refractivity contribution in [2.75, 3.05) is 36.4 Å². The lowest BCUT2D eigenvalue weighted by Crippen LogP contribution is -2.50. The van der Waals surface area contributed by atoms with Gasteiger partial charge in [-0.25, -0.2) is 4.79 Å². The lowest BCUT2D eigenvalue weighted by Gasteiger charge is -2.35. The van der Waals surface area contributed by atoms with Crippen LogP contribution in [-0.2, 0) is 0 Å². The van der Waals surface area contributed by atoms with Crippen molar-refractivity contribution in [3.05, 3.63) is 47.2 Å². The fourth-order valence-corrected chi connectivity index (χ4v) is 3.06. The van der Waals surface area contributed by atoms with Gasteiger partial charge in [-0.2, -0.15) is 4.52 Å². The lowest BCUT2D eigenvalue weighted by atomic mass is 10.3. The van der Waals surface area contributed by atoms with Crippen molar-refractivity contribution in [3.63, 3.8) is 0 Å². The minimum absolute atomic E-state index is 0.106. The van der Waals surface area contributed by atoms with Crippen molar-refractivity contribution in [2.24, 2.45) is 0 Å². The minimum Gasteiger partial charge on any atom is -0.352 e. The largest absolute Gasteiger partial charge is 0.352 e. The van der Waals surface area contributed by atoms with Crippen molar-refractivity contribution in [1.82, 2.24) is 24.7 Å². The third-order valence-corrected chi connectivity index (χ3v) is 4.64. The summed E-state index contributed by atoms with van der Waals surface area (Å²) in [6, 6.07) is 10.8. The first kappa shape index (κ1) is 16.6. The summed E-state index contributed by atoms with van der Waals surface area (Å²) in [4.78, 5) is 16.4. The first-order valence-corrected chi connectivity index (χ1v) is 8.73. The van der Waals surface area contributed by atoms with E-state index in [-0.39, 0.29) is 6.03 Å². The Labute approximate surface area is 155 Å². The van der Waals surface area contributed by atoms with Crippen molar-refractivity contribution in [2.45, 2.75) is 6.92 Å². The number of aryl methyl sites for hydroxylation is 1. The standard InChI is InChI=1S/C17H18ClN7O/c1-12-20-21-15-6-7-16(22-25(12)15)23-8-10-24(11-9-23)17(26)19-14-4-2-13(18)3-5-14/h2-7H,8-11H2,1H3,(H,19,26). The summed E-state index contributed by atoms with van der Waals surface area (Å²) < 4.78 is 1.73. The first-order valence-electron chi connectivity index (χ1n) is 8.36. The van der Waals surface area contributed by atoms with Crippen LogP contribution in [0, 0.1) is 6.92 Å². The molecule has 1 aliphatic rings.